The molecule has 27 heavy (non-hydrogen) atoms. The van der Waals surface area contributed by atoms with Crippen molar-refractivity contribution in [3.8, 4) is 17.0 Å². The van der Waals surface area contributed by atoms with Crippen LogP contribution in [0, 0.1) is 0 Å². The third-order valence-electron chi connectivity index (χ3n) is 3.63. The van der Waals surface area contributed by atoms with Crippen LogP contribution in [0.15, 0.2) is 53.6 Å². The number of nitrogens with zero attached hydrogens (tertiary/aromatic N) is 2. The molecule has 0 fully saturated rings. The van der Waals surface area contributed by atoms with E-state index >= 15 is 0 Å². The number of amides is 1. The van der Waals surface area contributed by atoms with Gasteiger partial charge in [0.2, 0.25) is 0 Å². The number of benzene rings is 2. The van der Waals surface area contributed by atoms with Crippen LogP contribution in [0.3, 0.4) is 0 Å². The van der Waals surface area contributed by atoms with Crippen molar-refractivity contribution < 1.29 is 9.53 Å². The zero-order chi connectivity index (χ0) is 19.2. The Kier molecular flexibility index (Phi) is 6.11. The molecule has 138 valence electrons. The summed E-state index contributed by atoms with van der Waals surface area (Å²) in [6.07, 6.45) is 1.53. The summed E-state index contributed by atoms with van der Waals surface area (Å²) >= 11 is 11.9. The number of hydrazone groups is 1. The third-order valence-corrected chi connectivity index (χ3v) is 4.37. The molecule has 0 radical (unpaired) electrons. The Labute approximate surface area is 166 Å². The van der Waals surface area contributed by atoms with E-state index in [1.165, 1.54) is 6.21 Å². The van der Waals surface area contributed by atoms with E-state index in [-0.39, 0.29) is 5.69 Å². The van der Waals surface area contributed by atoms with Crippen molar-refractivity contribution in [3.63, 3.8) is 0 Å². The van der Waals surface area contributed by atoms with E-state index in [4.69, 9.17) is 27.9 Å². The zero-order valence-electron chi connectivity index (χ0n) is 14.4. The minimum Gasteiger partial charge on any atom is -0.493 e. The summed E-state index contributed by atoms with van der Waals surface area (Å²) in [4.78, 5) is 12.2. The van der Waals surface area contributed by atoms with Gasteiger partial charge in [-0.05, 0) is 37.3 Å². The van der Waals surface area contributed by atoms with Gasteiger partial charge in [0.05, 0.1) is 28.6 Å². The maximum atomic E-state index is 12.2. The molecule has 3 aromatic rings. The van der Waals surface area contributed by atoms with Gasteiger partial charge < -0.3 is 4.74 Å². The zero-order valence-corrected chi connectivity index (χ0v) is 15.9. The van der Waals surface area contributed by atoms with E-state index in [0.717, 1.165) is 11.1 Å². The Hall–Kier alpha value is -2.83. The lowest BCUT2D eigenvalue weighted by Gasteiger charge is -2.05. The average molecular weight is 403 g/mol. The molecule has 1 heterocycles. The molecule has 3 rings (SSSR count). The Morgan fingerprint density at radius 1 is 1.22 bits per heavy atom. The Bertz CT molecular complexity index is 985. The van der Waals surface area contributed by atoms with Gasteiger partial charge in [-0.15, -0.1) is 0 Å². The second-order valence-corrected chi connectivity index (χ2v) is 6.28. The van der Waals surface area contributed by atoms with Crippen molar-refractivity contribution >= 4 is 35.3 Å². The molecule has 0 aliphatic rings. The van der Waals surface area contributed by atoms with E-state index in [1.807, 2.05) is 31.2 Å². The van der Waals surface area contributed by atoms with E-state index < -0.39 is 5.91 Å². The minimum atomic E-state index is -0.418. The molecule has 2 N–H and O–H groups in total. The van der Waals surface area contributed by atoms with Gasteiger partial charge in [0.15, 0.2) is 0 Å². The van der Waals surface area contributed by atoms with E-state index in [1.54, 1.807) is 24.3 Å². The summed E-state index contributed by atoms with van der Waals surface area (Å²) in [7, 11) is 0. The second-order valence-electron chi connectivity index (χ2n) is 5.47. The standard InChI is InChI=1S/C19H16Cl2N4O2/c1-2-27-18-6-4-3-5-13(18)11-22-25-19(26)17-10-16(23-24-17)12-7-8-14(20)15(21)9-12/h3-11H,2H2,1H3,(H,23,24)(H,25,26). The molecule has 2 aromatic carbocycles. The van der Waals surface area contributed by atoms with Crippen LogP contribution in [0.2, 0.25) is 10.0 Å². The second kappa shape index (κ2) is 8.70. The van der Waals surface area contributed by atoms with E-state index in [9.17, 15) is 4.79 Å². The molecule has 0 atom stereocenters. The van der Waals surface area contributed by atoms with Gasteiger partial charge in [0.25, 0.3) is 5.91 Å². The number of aromatic amines is 1. The normalized spacial score (nSPS) is 10.9. The number of H-pyrrole nitrogens is 1. The lowest BCUT2D eigenvalue weighted by atomic mass is 10.1. The number of carbonyl (C=O) groups excluding carboxylic acids is 1. The van der Waals surface area contributed by atoms with Gasteiger partial charge in [0.1, 0.15) is 11.4 Å². The first kappa shape index (κ1) is 18.9. The monoisotopic (exact) mass is 402 g/mol. The molecule has 0 spiro atoms. The number of para-hydroxylation sites is 1. The molecule has 0 aliphatic heterocycles. The highest BCUT2D eigenvalue weighted by molar-refractivity contribution is 6.42. The Morgan fingerprint density at radius 2 is 2.04 bits per heavy atom. The van der Waals surface area contributed by atoms with Crippen molar-refractivity contribution in [1.82, 2.24) is 15.6 Å². The van der Waals surface area contributed by atoms with Crippen LogP contribution in [0.4, 0.5) is 0 Å². The molecule has 6 nitrogen and oxygen atoms in total. The molecular weight excluding hydrogens is 387 g/mol. The molecule has 1 amide bonds. The highest BCUT2D eigenvalue weighted by Crippen LogP contribution is 2.27. The summed E-state index contributed by atoms with van der Waals surface area (Å²) in [6, 6.07) is 14.2. The largest absolute Gasteiger partial charge is 0.493 e. The molecule has 1 aromatic heterocycles. The van der Waals surface area contributed by atoms with Gasteiger partial charge in [-0.25, -0.2) is 5.43 Å². The molecule has 0 saturated carbocycles. The van der Waals surface area contributed by atoms with Crippen LogP contribution < -0.4 is 10.2 Å². The lowest BCUT2D eigenvalue weighted by molar-refractivity contribution is 0.0950. The van der Waals surface area contributed by atoms with Crippen molar-refractivity contribution in [1.29, 1.82) is 0 Å². The smallest absolute Gasteiger partial charge is 0.289 e. The fourth-order valence-corrected chi connectivity index (χ4v) is 2.63. The molecule has 0 aliphatic carbocycles. The fourth-order valence-electron chi connectivity index (χ4n) is 2.34. The first-order chi connectivity index (χ1) is 13.1. The predicted octanol–water partition coefficient (Wildman–Crippen LogP) is 4.55. The van der Waals surface area contributed by atoms with Crippen LogP contribution in [0.25, 0.3) is 11.3 Å². The Balaban J connectivity index is 1.69. The number of hydrogen-bond donors (Lipinski definition) is 2. The van der Waals surface area contributed by atoms with E-state index in [2.05, 4.69) is 20.7 Å². The number of halogens is 2. The van der Waals surface area contributed by atoms with Crippen LogP contribution in [-0.2, 0) is 0 Å². The number of hydrogen-bond acceptors (Lipinski definition) is 4. The van der Waals surface area contributed by atoms with Crippen molar-refractivity contribution in [2.24, 2.45) is 5.10 Å². The number of carbonyl (C=O) groups is 1. The fraction of sp³-hybridized carbons (Fsp3) is 0.105. The average Bonchev–Trinajstić information content (AvgIpc) is 3.16. The van der Waals surface area contributed by atoms with Crippen LogP contribution >= 0.6 is 23.2 Å². The molecule has 8 heteroatoms. The summed E-state index contributed by atoms with van der Waals surface area (Å²) in [5, 5.41) is 11.7. The summed E-state index contributed by atoms with van der Waals surface area (Å²) in [5.74, 6) is 0.278. The first-order valence-electron chi connectivity index (χ1n) is 8.14. The molecular formula is C19H16Cl2N4O2. The van der Waals surface area contributed by atoms with Gasteiger partial charge in [-0.3, -0.25) is 9.89 Å². The van der Waals surface area contributed by atoms with Crippen molar-refractivity contribution in [2.45, 2.75) is 6.92 Å². The van der Waals surface area contributed by atoms with Gasteiger partial charge in [-0.2, -0.15) is 10.2 Å². The highest BCUT2D eigenvalue weighted by atomic mass is 35.5. The third kappa shape index (κ3) is 4.67. The van der Waals surface area contributed by atoms with Crippen molar-refractivity contribution in [2.75, 3.05) is 6.61 Å². The van der Waals surface area contributed by atoms with Crippen molar-refractivity contribution in [3.05, 3.63) is 69.8 Å². The first-order valence-corrected chi connectivity index (χ1v) is 8.90. The molecule has 0 bridgehead atoms. The van der Waals surface area contributed by atoms with Gasteiger partial charge >= 0.3 is 0 Å². The number of aromatic nitrogens is 2. The minimum absolute atomic E-state index is 0.270. The quantitative estimate of drug-likeness (QED) is 0.468. The molecule has 0 unspecified atom stereocenters. The number of ether oxygens (including phenoxy) is 1. The van der Waals surface area contributed by atoms with Crippen LogP contribution in [0.1, 0.15) is 23.0 Å². The number of nitrogens with one attached hydrogen (secondary N) is 2. The predicted molar refractivity (Wildman–Crippen MR) is 107 cm³/mol. The topological polar surface area (TPSA) is 79.4 Å². The summed E-state index contributed by atoms with van der Waals surface area (Å²) in [5.41, 5.74) is 4.81. The SMILES string of the molecule is CCOc1ccccc1C=NNC(=O)c1cc(-c2ccc(Cl)c(Cl)c2)n[nH]1. The van der Waals surface area contributed by atoms with Gasteiger partial charge in [0, 0.05) is 11.1 Å². The van der Waals surface area contributed by atoms with E-state index in [0.29, 0.717) is 28.1 Å². The summed E-state index contributed by atoms with van der Waals surface area (Å²) < 4.78 is 5.51. The number of rotatable bonds is 6. The van der Waals surface area contributed by atoms with Gasteiger partial charge in [-0.1, -0.05) is 41.4 Å². The summed E-state index contributed by atoms with van der Waals surface area (Å²) in [6.45, 7) is 2.45. The maximum Gasteiger partial charge on any atom is 0.289 e. The molecule has 0 saturated heterocycles. The maximum absolute atomic E-state index is 12.2. The highest BCUT2D eigenvalue weighted by Gasteiger charge is 2.11. The lowest BCUT2D eigenvalue weighted by Crippen LogP contribution is -2.18. The van der Waals surface area contributed by atoms with Crippen LogP contribution in [-0.4, -0.2) is 28.9 Å². The Morgan fingerprint density at radius 3 is 2.81 bits per heavy atom. The van der Waals surface area contributed by atoms with Crippen LogP contribution in [0.5, 0.6) is 5.75 Å².